The molecule has 2 aromatic rings. The smallest absolute Gasteiger partial charge is 0.285 e. The van der Waals surface area contributed by atoms with E-state index in [2.05, 4.69) is 20.5 Å². The van der Waals surface area contributed by atoms with Crippen molar-refractivity contribution in [1.82, 2.24) is 20.5 Å². The zero-order chi connectivity index (χ0) is 15.4. The predicted octanol–water partition coefficient (Wildman–Crippen LogP) is 0.0676. The van der Waals surface area contributed by atoms with Crippen LogP contribution in [-0.4, -0.2) is 26.0 Å². The fourth-order valence-electron chi connectivity index (χ4n) is 1.58. The maximum absolute atomic E-state index is 13.5. The number of nitro groups is 1. The molecule has 0 bridgehead atoms. The Balaban J connectivity index is 2.27. The molecule has 1 aromatic heterocycles. The third-order valence-corrected chi connectivity index (χ3v) is 2.56. The number of nitro benzene ring substituents is 1. The minimum atomic E-state index is -0.934. The van der Waals surface area contributed by atoms with Gasteiger partial charge < -0.3 is 10.7 Å². The van der Waals surface area contributed by atoms with Crippen LogP contribution < -0.4 is 16.6 Å². The Morgan fingerprint density at radius 2 is 2.29 bits per heavy atom. The van der Waals surface area contributed by atoms with E-state index in [1.165, 1.54) is 6.33 Å². The highest BCUT2D eigenvalue weighted by atomic mass is 19.1. The number of aromatic nitrogens is 3. The summed E-state index contributed by atoms with van der Waals surface area (Å²) >= 11 is 0. The van der Waals surface area contributed by atoms with E-state index in [-0.39, 0.29) is 17.8 Å². The summed E-state index contributed by atoms with van der Waals surface area (Å²) in [6, 6.07) is 1.59. The van der Waals surface area contributed by atoms with Gasteiger partial charge in [-0.3, -0.25) is 25.9 Å². The molecule has 0 saturated heterocycles. The van der Waals surface area contributed by atoms with E-state index in [4.69, 9.17) is 5.84 Å². The number of nitrogens with two attached hydrogens (primary N) is 1. The number of aromatic amines is 1. The first kappa shape index (κ1) is 14.3. The maximum Gasteiger partial charge on any atom is 0.285 e. The molecular weight excluding hydrogens is 285 g/mol. The standard InChI is InChI=1S/C10H10FN7O3/c11-6-2-8(18(20)21)5(1-7(6)16-12)10(19)13-3-9-14-4-15-17-9/h1-2,4,16H,3,12H2,(H,13,19)(H,14,15,17). The van der Waals surface area contributed by atoms with Gasteiger partial charge in [-0.25, -0.2) is 9.37 Å². The minimum Gasteiger partial charge on any atom is -0.345 e. The number of nitrogens with one attached hydrogen (secondary N) is 3. The van der Waals surface area contributed by atoms with E-state index in [0.29, 0.717) is 11.9 Å². The van der Waals surface area contributed by atoms with E-state index in [9.17, 15) is 19.3 Å². The Labute approximate surface area is 116 Å². The third kappa shape index (κ3) is 3.09. The predicted molar refractivity (Wildman–Crippen MR) is 68.4 cm³/mol. The summed E-state index contributed by atoms with van der Waals surface area (Å²) < 4.78 is 13.5. The van der Waals surface area contributed by atoms with Crippen LogP contribution in [0.5, 0.6) is 0 Å². The number of anilines is 1. The molecular formula is C10H10FN7O3. The van der Waals surface area contributed by atoms with Crippen molar-refractivity contribution in [3.05, 3.63) is 45.8 Å². The van der Waals surface area contributed by atoms with Crippen LogP contribution in [0.4, 0.5) is 15.8 Å². The molecule has 1 heterocycles. The number of benzene rings is 1. The normalized spacial score (nSPS) is 10.2. The molecule has 5 N–H and O–H groups in total. The number of nitrogen functional groups attached to an aromatic ring is 1. The Hall–Kier alpha value is -3.08. The lowest BCUT2D eigenvalue weighted by Crippen LogP contribution is -2.25. The van der Waals surface area contributed by atoms with Crippen molar-refractivity contribution in [3.8, 4) is 0 Å². The molecule has 110 valence electrons. The highest BCUT2D eigenvalue weighted by molar-refractivity contribution is 5.99. The molecule has 0 saturated carbocycles. The zero-order valence-corrected chi connectivity index (χ0v) is 10.5. The molecule has 0 spiro atoms. The summed E-state index contributed by atoms with van der Waals surface area (Å²) in [7, 11) is 0. The number of H-pyrrole nitrogens is 1. The molecule has 1 amide bonds. The first-order valence-corrected chi connectivity index (χ1v) is 5.60. The van der Waals surface area contributed by atoms with Crippen LogP contribution in [0, 0.1) is 15.9 Å². The lowest BCUT2D eigenvalue weighted by Gasteiger charge is -2.07. The quantitative estimate of drug-likeness (QED) is 0.346. The van der Waals surface area contributed by atoms with Crippen LogP contribution >= 0.6 is 0 Å². The topological polar surface area (TPSA) is 152 Å². The molecule has 0 atom stereocenters. The number of halogens is 1. The van der Waals surface area contributed by atoms with Crippen molar-refractivity contribution >= 4 is 17.3 Å². The highest BCUT2D eigenvalue weighted by Crippen LogP contribution is 2.25. The van der Waals surface area contributed by atoms with Crippen molar-refractivity contribution in [2.45, 2.75) is 6.54 Å². The third-order valence-electron chi connectivity index (χ3n) is 2.56. The van der Waals surface area contributed by atoms with Crippen LogP contribution in [-0.2, 0) is 6.54 Å². The lowest BCUT2D eigenvalue weighted by molar-refractivity contribution is -0.385. The summed E-state index contributed by atoms with van der Waals surface area (Å²) in [6.45, 7) is -0.0151. The molecule has 0 fully saturated rings. The molecule has 11 heteroatoms. The van der Waals surface area contributed by atoms with Gasteiger partial charge in [0.2, 0.25) is 0 Å². The molecule has 2 rings (SSSR count). The number of carbonyl (C=O) groups is 1. The monoisotopic (exact) mass is 295 g/mol. The van der Waals surface area contributed by atoms with E-state index >= 15 is 0 Å². The van der Waals surface area contributed by atoms with Gasteiger partial charge >= 0.3 is 0 Å². The summed E-state index contributed by atoms with van der Waals surface area (Å²) in [6.07, 6.45) is 1.25. The van der Waals surface area contributed by atoms with Crippen molar-refractivity contribution in [2.75, 3.05) is 5.43 Å². The van der Waals surface area contributed by atoms with E-state index < -0.39 is 22.3 Å². The summed E-state index contributed by atoms with van der Waals surface area (Å²) in [5, 5.41) is 19.4. The van der Waals surface area contributed by atoms with Crippen molar-refractivity contribution in [2.24, 2.45) is 5.84 Å². The summed E-state index contributed by atoms with van der Waals surface area (Å²) in [4.78, 5) is 25.8. The van der Waals surface area contributed by atoms with E-state index in [0.717, 1.165) is 6.07 Å². The number of nitrogens with zero attached hydrogens (tertiary/aromatic N) is 3. The van der Waals surface area contributed by atoms with Gasteiger partial charge in [0.15, 0.2) is 5.82 Å². The van der Waals surface area contributed by atoms with Crippen molar-refractivity contribution < 1.29 is 14.1 Å². The van der Waals surface area contributed by atoms with Gasteiger partial charge in [0.1, 0.15) is 17.7 Å². The molecule has 21 heavy (non-hydrogen) atoms. The SMILES string of the molecule is NNc1cc(C(=O)NCc2ncn[nH]2)c([N+](=O)[O-])cc1F. The van der Waals surface area contributed by atoms with Gasteiger partial charge in [-0.05, 0) is 6.07 Å². The Morgan fingerprint density at radius 1 is 1.52 bits per heavy atom. The number of amides is 1. The fourth-order valence-corrected chi connectivity index (χ4v) is 1.58. The summed E-state index contributed by atoms with van der Waals surface area (Å²) in [5.41, 5.74) is 0.799. The minimum absolute atomic E-state index is 0.0151. The van der Waals surface area contributed by atoms with Gasteiger partial charge in [0, 0.05) is 0 Å². The second-order valence-corrected chi connectivity index (χ2v) is 3.87. The molecule has 1 aromatic carbocycles. The van der Waals surface area contributed by atoms with Crippen LogP contribution in [0.2, 0.25) is 0 Å². The van der Waals surface area contributed by atoms with Crippen LogP contribution in [0.1, 0.15) is 16.2 Å². The van der Waals surface area contributed by atoms with Crippen molar-refractivity contribution in [1.29, 1.82) is 0 Å². The van der Waals surface area contributed by atoms with E-state index in [1.54, 1.807) is 0 Å². The van der Waals surface area contributed by atoms with Gasteiger partial charge in [-0.1, -0.05) is 0 Å². The second kappa shape index (κ2) is 5.92. The van der Waals surface area contributed by atoms with Crippen molar-refractivity contribution in [3.63, 3.8) is 0 Å². The first-order valence-electron chi connectivity index (χ1n) is 5.60. The van der Waals surface area contributed by atoms with Gasteiger partial charge in [0.25, 0.3) is 11.6 Å². The van der Waals surface area contributed by atoms with E-state index in [1.807, 2.05) is 5.43 Å². The number of hydrazine groups is 1. The first-order chi connectivity index (χ1) is 10.0. The summed E-state index contributed by atoms with van der Waals surface area (Å²) in [5.74, 6) is 3.75. The van der Waals surface area contributed by atoms with Gasteiger partial charge in [-0.15, -0.1) is 0 Å². The van der Waals surface area contributed by atoms with Crippen LogP contribution in [0.3, 0.4) is 0 Å². The largest absolute Gasteiger partial charge is 0.345 e. The molecule has 0 aliphatic heterocycles. The molecule has 0 unspecified atom stereocenters. The Bertz CT molecular complexity index is 674. The van der Waals surface area contributed by atoms with Crippen LogP contribution in [0.15, 0.2) is 18.5 Å². The Kier molecular flexibility index (Phi) is 4.04. The van der Waals surface area contributed by atoms with Gasteiger partial charge in [-0.2, -0.15) is 5.10 Å². The number of carbonyl (C=O) groups excluding carboxylic acids is 1. The van der Waals surface area contributed by atoms with Gasteiger partial charge in [0.05, 0.1) is 23.2 Å². The number of hydrogen-bond donors (Lipinski definition) is 4. The maximum atomic E-state index is 13.5. The second-order valence-electron chi connectivity index (χ2n) is 3.87. The Morgan fingerprint density at radius 3 is 2.86 bits per heavy atom. The molecule has 0 radical (unpaired) electrons. The molecule has 0 aliphatic carbocycles. The highest BCUT2D eigenvalue weighted by Gasteiger charge is 2.23. The number of hydrogen-bond acceptors (Lipinski definition) is 7. The van der Waals surface area contributed by atoms with Crippen LogP contribution in [0.25, 0.3) is 0 Å². The molecule has 10 nitrogen and oxygen atoms in total. The lowest BCUT2D eigenvalue weighted by atomic mass is 10.1. The fraction of sp³-hybridized carbons (Fsp3) is 0.100. The average molecular weight is 295 g/mol. The zero-order valence-electron chi connectivity index (χ0n) is 10.5. The number of rotatable bonds is 5. The molecule has 0 aliphatic rings. The average Bonchev–Trinajstić information content (AvgIpc) is 2.97.